The van der Waals surface area contributed by atoms with Crippen LogP contribution in [0.3, 0.4) is 0 Å². The Kier molecular flexibility index (Phi) is 8.37. The quantitative estimate of drug-likeness (QED) is 0.193. The summed E-state index contributed by atoms with van der Waals surface area (Å²) >= 11 is 0. The standard InChI is InChI=1S/C27H45NO10S/c1-14(4-5-20(32)28-15(12-29)13-39(36,37)38)21-23(33)24(34)22-17-10-19(31)27(35)11-16(30)6-9-26(27,3)18(17)7-8-25(21,22)2/h14-18,21-24,29-30,33-35H,4-13H2,1-3H3,(H,28,32)(H,36,37,38)/t14-,15?,16+,17-,18+,21+,22-,23-,24-,25-,26-,27+/m1/s1. The molecule has 7 N–H and O–H groups in total. The van der Waals surface area contributed by atoms with Crippen molar-refractivity contribution < 1.29 is 48.1 Å². The summed E-state index contributed by atoms with van der Waals surface area (Å²) in [6.07, 6.45) is 0.0406. The molecule has 4 fully saturated rings. The van der Waals surface area contributed by atoms with Gasteiger partial charge in [-0.05, 0) is 67.1 Å². The number of fused-ring (bicyclic) bond motifs is 5. The molecule has 1 unspecified atom stereocenters. The molecule has 0 aromatic rings. The molecular weight excluding hydrogens is 530 g/mol. The minimum absolute atomic E-state index is 0.00116. The van der Waals surface area contributed by atoms with Crippen molar-refractivity contribution in [2.24, 2.45) is 40.4 Å². The smallest absolute Gasteiger partial charge is 0.266 e. The Labute approximate surface area is 230 Å². The zero-order chi connectivity index (χ0) is 29.1. The average molecular weight is 576 g/mol. The van der Waals surface area contributed by atoms with Crippen LogP contribution in [-0.4, -0.2) is 92.5 Å². The zero-order valence-corrected chi connectivity index (χ0v) is 23.8. The van der Waals surface area contributed by atoms with Crippen LogP contribution in [0.15, 0.2) is 0 Å². The Balaban J connectivity index is 1.50. The maximum absolute atomic E-state index is 13.4. The normalized spacial score (nSPS) is 45.6. The molecule has 224 valence electrons. The summed E-state index contributed by atoms with van der Waals surface area (Å²) in [6.45, 7) is 5.24. The maximum atomic E-state index is 13.4. The van der Waals surface area contributed by atoms with Gasteiger partial charge in [-0.15, -0.1) is 0 Å². The molecule has 1 amide bonds. The van der Waals surface area contributed by atoms with Crippen molar-refractivity contribution in [3.05, 3.63) is 0 Å². The predicted octanol–water partition coefficient (Wildman–Crippen LogP) is 0.0229. The summed E-state index contributed by atoms with van der Waals surface area (Å²) < 4.78 is 31.2. The molecule has 0 heterocycles. The van der Waals surface area contributed by atoms with E-state index in [9.17, 15) is 43.5 Å². The highest BCUT2D eigenvalue weighted by molar-refractivity contribution is 7.85. The van der Waals surface area contributed by atoms with Crippen molar-refractivity contribution in [2.45, 2.75) is 102 Å². The van der Waals surface area contributed by atoms with Crippen molar-refractivity contribution in [1.82, 2.24) is 5.32 Å². The van der Waals surface area contributed by atoms with Crippen LogP contribution in [0.25, 0.3) is 0 Å². The summed E-state index contributed by atoms with van der Waals surface area (Å²) in [5.41, 5.74) is -2.82. The summed E-state index contributed by atoms with van der Waals surface area (Å²) in [5.74, 6) is -2.75. The highest BCUT2D eigenvalue weighted by atomic mass is 32.2. The fraction of sp³-hybridized carbons (Fsp3) is 0.926. The van der Waals surface area contributed by atoms with Gasteiger partial charge in [0.15, 0.2) is 5.78 Å². The maximum Gasteiger partial charge on any atom is 0.266 e. The lowest BCUT2D eigenvalue weighted by Crippen LogP contribution is -2.67. The van der Waals surface area contributed by atoms with Gasteiger partial charge in [0, 0.05) is 24.7 Å². The molecule has 12 atom stereocenters. The fourth-order valence-electron chi connectivity index (χ4n) is 9.37. The second kappa shape index (κ2) is 10.6. The van der Waals surface area contributed by atoms with E-state index in [1.165, 1.54) is 0 Å². The van der Waals surface area contributed by atoms with Gasteiger partial charge in [0.1, 0.15) is 5.60 Å². The summed E-state index contributed by atoms with van der Waals surface area (Å²) in [5, 5.41) is 56.2. The lowest BCUT2D eigenvalue weighted by atomic mass is 9.42. The number of Topliss-reactive ketones (excluding diaryl/α,β-unsaturated/α-hetero) is 1. The number of hydrogen-bond donors (Lipinski definition) is 7. The van der Waals surface area contributed by atoms with Crippen LogP contribution >= 0.6 is 0 Å². The van der Waals surface area contributed by atoms with Gasteiger partial charge in [0.25, 0.3) is 10.1 Å². The van der Waals surface area contributed by atoms with Crippen molar-refractivity contribution in [3.63, 3.8) is 0 Å². The Morgan fingerprint density at radius 3 is 2.41 bits per heavy atom. The minimum Gasteiger partial charge on any atom is -0.394 e. The van der Waals surface area contributed by atoms with E-state index in [1.54, 1.807) is 0 Å². The first kappa shape index (κ1) is 30.8. The third kappa shape index (κ3) is 5.19. The molecule has 0 radical (unpaired) electrons. The molecule has 12 heteroatoms. The molecule has 11 nitrogen and oxygen atoms in total. The SMILES string of the molecule is C[C@H](CCC(=O)NC(CO)CS(=O)(=O)O)[C@H]1[C@@H](O)[C@H](O)[C@H]2[C@@H]3CC(=O)[C@@]4(O)C[C@@H](O)CC[C@]4(C)[C@H]3CC[C@]12C. The number of ketones is 1. The van der Waals surface area contributed by atoms with E-state index >= 15 is 0 Å². The van der Waals surface area contributed by atoms with E-state index in [2.05, 4.69) is 5.32 Å². The van der Waals surface area contributed by atoms with Crippen molar-refractivity contribution in [1.29, 1.82) is 0 Å². The molecule has 4 saturated carbocycles. The van der Waals surface area contributed by atoms with Crippen LogP contribution in [0.2, 0.25) is 0 Å². The molecule has 0 aromatic carbocycles. The second-order valence-corrected chi connectivity index (χ2v) is 14.9. The molecule has 39 heavy (non-hydrogen) atoms. The number of nitrogens with one attached hydrogen (secondary N) is 1. The molecule has 0 aliphatic heterocycles. The second-order valence-electron chi connectivity index (χ2n) is 13.4. The van der Waals surface area contributed by atoms with Gasteiger partial charge in [-0.2, -0.15) is 8.42 Å². The van der Waals surface area contributed by atoms with Crippen LogP contribution in [0.1, 0.15) is 72.1 Å². The molecule has 4 rings (SSSR count). The van der Waals surface area contributed by atoms with E-state index in [0.717, 1.165) is 6.42 Å². The van der Waals surface area contributed by atoms with Gasteiger partial charge in [-0.1, -0.05) is 20.8 Å². The number of hydrogen-bond acceptors (Lipinski definition) is 9. The monoisotopic (exact) mass is 575 g/mol. The number of aliphatic hydroxyl groups excluding tert-OH is 4. The predicted molar refractivity (Wildman–Crippen MR) is 140 cm³/mol. The van der Waals surface area contributed by atoms with Gasteiger partial charge >= 0.3 is 0 Å². The van der Waals surface area contributed by atoms with Gasteiger partial charge in [-0.3, -0.25) is 14.1 Å². The minimum atomic E-state index is -4.38. The van der Waals surface area contributed by atoms with Gasteiger partial charge in [-0.25, -0.2) is 0 Å². The zero-order valence-electron chi connectivity index (χ0n) is 23.0. The number of amides is 1. The van der Waals surface area contributed by atoms with Crippen LogP contribution in [0.5, 0.6) is 0 Å². The highest BCUT2D eigenvalue weighted by Gasteiger charge is 2.70. The van der Waals surface area contributed by atoms with E-state index < -0.39 is 69.2 Å². The number of carbonyl (C=O) groups excluding carboxylic acids is 2. The lowest BCUT2D eigenvalue weighted by Gasteiger charge is -2.63. The van der Waals surface area contributed by atoms with Crippen LogP contribution in [0, 0.1) is 40.4 Å². The molecule has 0 spiro atoms. The highest BCUT2D eigenvalue weighted by Crippen LogP contribution is 2.68. The Morgan fingerprint density at radius 1 is 1.13 bits per heavy atom. The van der Waals surface area contributed by atoms with Crippen LogP contribution in [0.4, 0.5) is 0 Å². The molecule has 0 aromatic heterocycles. The van der Waals surface area contributed by atoms with Crippen LogP contribution < -0.4 is 5.32 Å². The van der Waals surface area contributed by atoms with E-state index in [0.29, 0.717) is 25.7 Å². The first-order valence-corrected chi connectivity index (χ1v) is 15.7. The van der Waals surface area contributed by atoms with Gasteiger partial charge in [0.05, 0.1) is 36.7 Å². The Morgan fingerprint density at radius 2 is 1.79 bits per heavy atom. The molecule has 0 bridgehead atoms. The van der Waals surface area contributed by atoms with Crippen molar-refractivity contribution in [3.8, 4) is 0 Å². The van der Waals surface area contributed by atoms with Gasteiger partial charge in [0.2, 0.25) is 5.91 Å². The van der Waals surface area contributed by atoms with E-state index in [-0.39, 0.29) is 54.6 Å². The average Bonchev–Trinajstić information content (AvgIpc) is 3.03. The summed E-state index contributed by atoms with van der Waals surface area (Å²) in [6, 6.07) is -1.14. The number of carbonyl (C=O) groups is 2. The topological polar surface area (TPSA) is 202 Å². The number of aliphatic hydroxyl groups is 5. The van der Waals surface area contributed by atoms with Crippen molar-refractivity contribution in [2.75, 3.05) is 12.4 Å². The third-order valence-electron chi connectivity index (χ3n) is 11.2. The molecule has 4 aliphatic carbocycles. The van der Waals surface area contributed by atoms with Crippen molar-refractivity contribution >= 4 is 21.8 Å². The Hall–Kier alpha value is -1.15. The summed E-state index contributed by atoms with van der Waals surface area (Å²) in [7, 11) is -4.38. The fourth-order valence-corrected chi connectivity index (χ4v) is 10.1. The van der Waals surface area contributed by atoms with E-state index in [4.69, 9.17) is 4.55 Å². The van der Waals surface area contributed by atoms with Gasteiger partial charge < -0.3 is 30.8 Å². The third-order valence-corrected chi connectivity index (χ3v) is 12.0. The first-order valence-electron chi connectivity index (χ1n) is 14.1. The largest absolute Gasteiger partial charge is 0.394 e. The summed E-state index contributed by atoms with van der Waals surface area (Å²) in [4.78, 5) is 25.9. The Bertz CT molecular complexity index is 1070. The molecular formula is C27H45NO10S. The number of rotatable bonds is 8. The lowest BCUT2D eigenvalue weighted by molar-refractivity contribution is -0.217. The first-order chi connectivity index (χ1) is 18.0. The molecule has 0 saturated heterocycles. The van der Waals surface area contributed by atoms with Crippen LogP contribution in [-0.2, 0) is 19.7 Å². The molecule has 4 aliphatic rings. The van der Waals surface area contributed by atoms with E-state index in [1.807, 2.05) is 20.8 Å².